The molecule has 64 valence electrons. The molecule has 1 rings (SSSR count). The quantitative estimate of drug-likeness (QED) is 0.637. The summed E-state index contributed by atoms with van der Waals surface area (Å²) in [7, 11) is 0. The van der Waals surface area contributed by atoms with Crippen LogP contribution < -0.4 is 5.73 Å². The van der Waals surface area contributed by atoms with Crippen LogP contribution in [0.15, 0.2) is 6.20 Å². The number of nitrogens with two attached hydrogens (primary N) is 1. The Balaban J connectivity index is 3.14. The molecule has 0 saturated carbocycles. The first-order chi connectivity index (χ1) is 5.47. The second-order valence-electron chi connectivity index (χ2n) is 3.22. The lowest BCUT2D eigenvalue weighted by atomic mass is 10.3. The molecule has 12 heavy (non-hydrogen) atoms. The molecule has 1 aromatic heterocycles. The second-order valence-corrected chi connectivity index (χ2v) is 3.22. The number of rotatable bonds is 1. The number of nitrogens with zero attached hydrogens (tertiary/aromatic N) is 3. The van der Waals surface area contributed by atoms with Crippen molar-refractivity contribution >= 4 is 5.69 Å². The van der Waals surface area contributed by atoms with Crippen molar-refractivity contribution in [2.24, 2.45) is 0 Å². The van der Waals surface area contributed by atoms with E-state index >= 15 is 0 Å². The van der Waals surface area contributed by atoms with Crippen molar-refractivity contribution in [3.63, 3.8) is 0 Å². The third kappa shape index (κ3) is 1.26. The first-order valence-corrected chi connectivity index (χ1v) is 3.68. The minimum absolute atomic E-state index is 0.631. The van der Waals surface area contributed by atoms with Gasteiger partial charge in [0, 0.05) is 13.8 Å². The van der Waals surface area contributed by atoms with Gasteiger partial charge in [0.25, 0.3) is 0 Å². The van der Waals surface area contributed by atoms with E-state index in [0.717, 1.165) is 5.69 Å². The molecule has 1 heterocycles. The van der Waals surface area contributed by atoms with E-state index in [1.165, 1.54) is 0 Å². The molecule has 0 unspecified atom stereocenters. The zero-order chi connectivity index (χ0) is 9.35. The minimum Gasteiger partial charge on any atom is -0.396 e. The minimum atomic E-state index is -0.637. The predicted octanol–water partition coefficient (Wildman–Crippen LogP) is 1.39. The third-order valence-corrected chi connectivity index (χ3v) is 1.77. The second kappa shape index (κ2) is 2.52. The maximum absolute atomic E-state index is 6.95. The standard InChI is InChI=1S/C8H12N4/c1-6-7(9)5-12(11-6)8(2,3)10-4/h5H,9H2,1-3H3. The first-order valence-electron chi connectivity index (χ1n) is 3.68. The van der Waals surface area contributed by atoms with Gasteiger partial charge in [-0.05, 0) is 6.92 Å². The molecule has 0 bridgehead atoms. The van der Waals surface area contributed by atoms with Gasteiger partial charge in [0.05, 0.1) is 17.6 Å². The lowest BCUT2D eigenvalue weighted by Crippen LogP contribution is -2.22. The lowest BCUT2D eigenvalue weighted by molar-refractivity contribution is 0.400. The van der Waals surface area contributed by atoms with Crippen molar-refractivity contribution in [2.45, 2.75) is 26.4 Å². The van der Waals surface area contributed by atoms with Gasteiger partial charge in [-0.15, -0.1) is 0 Å². The van der Waals surface area contributed by atoms with E-state index in [9.17, 15) is 0 Å². The molecule has 2 N–H and O–H groups in total. The highest BCUT2D eigenvalue weighted by atomic mass is 15.4. The molecule has 4 nitrogen and oxygen atoms in total. The van der Waals surface area contributed by atoms with Gasteiger partial charge in [0.2, 0.25) is 0 Å². The van der Waals surface area contributed by atoms with E-state index in [4.69, 9.17) is 12.3 Å². The van der Waals surface area contributed by atoms with Crippen LogP contribution in [0.4, 0.5) is 5.69 Å². The summed E-state index contributed by atoms with van der Waals surface area (Å²) in [6.45, 7) is 12.4. The zero-order valence-corrected chi connectivity index (χ0v) is 7.50. The summed E-state index contributed by atoms with van der Waals surface area (Å²) in [5, 5.41) is 4.13. The Morgan fingerprint density at radius 3 is 2.58 bits per heavy atom. The van der Waals surface area contributed by atoms with E-state index < -0.39 is 5.66 Å². The molecule has 0 amide bonds. The molecule has 0 atom stereocenters. The molecule has 0 fully saturated rings. The molecule has 0 aliphatic heterocycles. The smallest absolute Gasteiger partial charge is 0.319 e. The summed E-state index contributed by atoms with van der Waals surface area (Å²) in [5.41, 5.74) is 6.37. The van der Waals surface area contributed by atoms with Crippen molar-refractivity contribution in [2.75, 3.05) is 5.73 Å². The van der Waals surface area contributed by atoms with Crippen LogP contribution >= 0.6 is 0 Å². The summed E-state index contributed by atoms with van der Waals surface area (Å²) < 4.78 is 1.59. The Morgan fingerprint density at radius 1 is 1.67 bits per heavy atom. The fraction of sp³-hybridized carbons (Fsp3) is 0.500. The molecule has 0 aliphatic carbocycles. The molecule has 0 saturated heterocycles. The summed E-state index contributed by atoms with van der Waals surface area (Å²) in [5.74, 6) is 0. The van der Waals surface area contributed by atoms with E-state index in [0.29, 0.717) is 5.69 Å². The lowest BCUT2D eigenvalue weighted by Gasteiger charge is -2.10. The summed E-state index contributed by atoms with van der Waals surface area (Å²) in [6, 6.07) is 0. The van der Waals surface area contributed by atoms with Crippen LogP contribution in [0.2, 0.25) is 0 Å². The number of anilines is 1. The van der Waals surface area contributed by atoms with Gasteiger partial charge in [-0.25, -0.2) is 6.57 Å². The van der Waals surface area contributed by atoms with E-state index in [1.54, 1.807) is 24.7 Å². The molecule has 0 aromatic carbocycles. The maximum Gasteiger partial charge on any atom is 0.319 e. The number of nitrogen functional groups attached to an aromatic ring is 1. The summed E-state index contributed by atoms with van der Waals surface area (Å²) >= 11 is 0. The van der Waals surface area contributed by atoms with Crippen LogP contribution in [0, 0.1) is 13.5 Å². The average molecular weight is 164 g/mol. The normalized spacial score (nSPS) is 11.2. The summed E-state index contributed by atoms with van der Waals surface area (Å²) in [4.78, 5) is 3.44. The van der Waals surface area contributed by atoms with E-state index in [1.807, 2.05) is 6.92 Å². The Kier molecular flexibility index (Phi) is 1.81. The van der Waals surface area contributed by atoms with Gasteiger partial charge in [0.15, 0.2) is 0 Å². The largest absolute Gasteiger partial charge is 0.396 e. The average Bonchev–Trinajstić information content (AvgIpc) is 2.33. The van der Waals surface area contributed by atoms with Crippen molar-refractivity contribution in [1.82, 2.24) is 9.78 Å². The fourth-order valence-electron chi connectivity index (χ4n) is 0.805. The highest BCUT2D eigenvalue weighted by Crippen LogP contribution is 2.18. The van der Waals surface area contributed by atoms with Crippen molar-refractivity contribution in [1.29, 1.82) is 0 Å². The van der Waals surface area contributed by atoms with Crippen LogP contribution in [-0.2, 0) is 5.66 Å². The Bertz CT molecular complexity index is 310. The van der Waals surface area contributed by atoms with Crippen LogP contribution in [0.1, 0.15) is 19.5 Å². The van der Waals surface area contributed by atoms with Crippen molar-refractivity contribution in [3.8, 4) is 0 Å². The Morgan fingerprint density at radius 2 is 2.25 bits per heavy atom. The Hall–Kier alpha value is -1.50. The number of hydrogen-bond donors (Lipinski definition) is 1. The SMILES string of the molecule is [C-]#[N+]C(C)(C)n1cc(N)c(C)n1. The molecule has 0 aliphatic rings. The van der Waals surface area contributed by atoms with E-state index in [-0.39, 0.29) is 0 Å². The molecular formula is C8H12N4. The summed E-state index contributed by atoms with van der Waals surface area (Å²) in [6.07, 6.45) is 1.69. The van der Waals surface area contributed by atoms with E-state index in [2.05, 4.69) is 9.94 Å². The molecule has 4 heteroatoms. The zero-order valence-electron chi connectivity index (χ0n) is 7.50. The highest BCUT2D eigenvalue weighted by molar-refractivity contribution is 5.39. The number of aryl methyl sites for hydroxylation is 1. The van der Waals surface area contributed by atoms with Gasteiger partial charge in [-0.1, -0.05) is 0 Å². The van der Waals surface area contributed by atoms with Crippen LogP contribution in [-0.4, -0.2) is 9.78 Å². The van der Waals surface area contributed by atoms with Crippen molar-refractivity contribution in [3.05, 3.63) is 23.3 Å². The predicted molar refractivity (Wildman–Crippen MR) is 47.3 cm³/mol. The molecule has 0 radical (unpaired) electrons. The third-order valence-electron chi connectivity index (χ3n) is 1.77. The topological polar surface area (TPSA) is 48.2 Å². The van der Waals surface area contributed by atoms with Gasteiger partial charge >= 0.3 is 5.66 Å². The van der Waals surface area contributed by atoms with Gasteiger partial charge in [-0.3, -0.25) is 4.85 Å². The van der Waals surface area contributed by atoms with Crippen LogP contribution in [0.3, 0.4) is 0 Å². The van der Waals surface area contributed by atoms with Gasteiger partial charge in [0.1, 0.15) is 0 Å². The van der Waals surface area contributed by atoms with Gasteiger partial charge < -0.3 is 5.73 Å². The highest BCUT2D eigenvalue weighted by Gasteiger charge is 2.26. The van der Waals surface area contributed by atoms with Crippen LogP contribution in [0.25, 0.3) is 4.85 Å². The molecular weight excluding hydrogens is 152 g/mol. The molecule has 0 spiro atoms. The molecule has 1 aromatic rings. The number of aromatic nitrogens is 2. The first kappa shape index (κ1) is 8.60. The van der Waals surface area contributed by atoms with Gasteiger partial charge in [-0.2, -0.15) is 9.78 Å². The van der Waals surface area contributed by atoms with Crippen molar-refractivity contribution < 1.29 is 0 Å². The maximum atomic E-state index is 6.95. The fourth-order valence-corrected chi connectivity index (χ4v) is 0.805. The Labute approximate surface area is 71.8 Å². The number of hydrogen-bond acceptors (Lipinski definition) is 2. The monoisotopic (exact) mass is 164 g/mol. The van der Waals surface area contributed by atoms with Crippen LogP contribution in [0.5, 0.6) is 0 Å².